The topological polar surface area (TPSA) is 41.1 Å². The van der Waals surface area contributed by atoms with Gasteiger partial charge in [0.15, 0.2) is 0 Å². The highest BCUT2D eigenvalue weighted by atomic mass is 16.1. The maximum absolute atomic E-state index is 12.5. The van der Waals surface area contributed by atoms with Crippen molar-refractivity contribution in [3.8, 4) is 0 Å². The van der Waals surface area contributed by atoms with Gasteiger partial charge in [0.05, 0.1) is 0 Å². The van der Waals surface area contributed by atoms with Gasteiger partial charge < -0.3 is 10.6 Å². The molecule has 0 aliphatic heterocycles. The third-order valence-electron chi connectivity index (χ3n) is 4.54. The normalized spacial score (nSPS) is 11.1. The third-order valence-corrected chi connectivity index (χ3v) is 4.54. The minimum Gasteiger partial charge on any atom is -0.385 e. The van der Waals surface area contributed by atoms with Crippen molar-refractivity contribution in [2.75, 3.05) is 17.2 Å². The first-order valence-electron chi connectivity index (χ1n) is 9.52. The zero-order valence-corrected chi connectivity index (χ0v) is 16.9. The highest BCUT2D eigenvalue weighted by Gasteiger charge is 2.15. The van der Waals surface area contributed by atoms with Crippen LogP contribution < -0.4 is 10.6 Å². The first-order valence-corrected chi connectivity index (χ1v) is 9.52. The van der Waals surface area contributed by atoms with Crippen LogP contribution in [0, 0.1) is 13.8 Å². The predicted molar refractivity (Wildman–Crippen MR) is 112 cm³/mol. The monoisotopic (exact) mass is 352 g/mol. The fourth-order valence-electron chi connectivity index (χ4n) is 3.29. The molecular weight excluding hydrogens is 320 g/mol. The number of carbonyl (C=O) groups is 1. The summed E-state index contributed by atoms with van der Waals surface area (Å²) in [5.41, 5.74) is 6.92. The van der Waals surface area contributed by atoms with Crippen LogP contribution in [0.15, 0.2) is 36.4 Å². The number of anilines is 2. The molecule has 0 radical (unpaired) electrons. The summed E-state index contributed by atoms with van der Waals surface area (Å²) in [5, 5.41) is 6.53. The van der Waals surface area contributed by atoms with Gasteiger partial charge in [-0.3, -0.25) is 4.79 Å². The van der Waals surface area contributed by atoms with Gasteiger partial charge in [-0.2, -0.15) is 0 Å². The molecule has 0 atom stereocenters. The summed E-state index contributed by atoms with van der Waals surface area (Å²) in [6, 6.07) is 12.7. The van der Waals surface area contributed by atoms with E-state index in [0.717, 1.165) is 11.4 Å². The van der Waals surface area contributed by atoms with E-state index < -0.39 is 0 Å². The van der Waals surface area contributed by atoms with Crippen LogP contribution in [-0.2, 0) is 4.79 Å². The molecule has 0 aliphatic rings. The molecule has 0 unspecified atom stereocenters. The lowest BCUT2D eigenvalue weighted by Crippen LogP contribution is -2.19. The van der Waals surface area contributed by atoms with Crippen molar-refractivity contribution in [1.82, 2.24) is 0 Å². The van der Waals surface area contributed by atoms with Crippen LogP contribution in [0.3, 0.4) is 0 Å². The summed E-state index contributed by atoms with van der Waals surface area (Å²) in [6.45, 7) is 13.4. The van der Waals surface area contributed by atoms with Crippen LogP contribution in [0.4, 0.5) is 11.4 Å². The largest absolute Gasteiger partial charge is 0.385 e. The summed E-state index contributed by atoms with van der Waals surface area (Å²) in [7, 11) is 0. The lowest BCUT2D eigenvalue weighted by atomic mass is 9.92. The summed E-state index contributed by atoms with van der Waals surface area (Å²) >= 11 is 0. The third kappa shape index (κ3) is 5.35. The van der Waals surface area contributed by atoms with E-state index in [1.54, 1.807) is 0 Å². The number of amides is 1. The number of nitrogens with one attached hydrogen (secondary N) is 2. The van der Waals surface area contributed by atoms with Gasteiger partial charge in [0, 0.05) is 24.3 Å². The summed E-state index contributed by atoms with van der Waals surface area (Å²) in [5.74, 6) is 0.798. The zero-order chi connectivity index (χ0) is 19.3. The second-order valence-corrected chi connectivity index (χ2v) is 7.72. The average molecular weight is 353 g/mol. The van der Waals surface area contributed by atoms with Crippen molar-refractivity contribution in [3.63, 3.8) is 0 Å². The molecule has 1 amide bonds. The van der Waals surface area contributed by atoms with E-state index in [0.29, 0.717) is 24.8 Å². The Morgan fingerprint density at radius 1 is 0.923 bits per heavy atom. The first kappa shape index (κ1) is 20.0. The Bertz CT molecular complexity index is 716. The molecule has 0 saturated carbocycles. The highest BCUT2D eigenvalue weighted by molar-refractivity contribution is 5.93. The summed E-state index contributed by atoms with van der Waals surface area (Å²) < 4.78 is 0. The fourth-order valence-corrected chi connectivity index (χ4v) is 3.29. The SMILES string of the molecule is Cc1cc(C)cc(NCCC(=O)Nc2c(C(C)C)cccc2C(C)C)c1. The highest BCUT2D eigenvalue weighted by Crippen LogP contribution is 2.32. The Balaban J connectivity index is 2.03. The van der Waals surface area contributed by atoms with Gasteiger partial charge in [-0.25, -0.2) is 0 Å². The number of benzene rings is 2. The molecule has 26 heavy (non-hydrogen) atoms. The molecule has 2 N–H and O–H groups in total. The molecule has 0 saturated heterocycles. The molecule has 140 valence electrons. The number of aryl methyl sites for hydroxylation is 2. The van der Waals surface area contributed by atoms with E-state index >= 15 is 0 Å². The minimum atomic E-state index is 0.0527. The van der Waals surface area contributed by atoms with E-state index in [4.69, 9.17) is 0 Å². The molecule has 2 aromatic carbocycles. The van der Waals surface area contributed by atoms with Crippen LogP contribution in [0.25, 0.3) is 0 Å². The van der Waals surface area contributed by atoms with Crippen LogP contribution >= 0.6 is 0 Å². The summed E-state index contributed by atoms with van der Waals surface area (Å²) in [4.78, 5) is 12.5. The van der Waals surface area contributed by atoms with Crippen molar-refractivity contribution in [3.05, 3.63) is 58.7 Å². The van der Waals surface area contributed by atoms with Crippen LogP contribution in [0.5, 0.6) is 0 Å². The van der Waals surface area contributed by atoms with Crippen molar-refractivity contribution in [1.29, 1.82) is 0 Å². The molecule has 0 spiro atoms. The number of carbonyl (C=O) groups excluding carboxylic acids is 1. The standard InChI is InChI=1S/C23H32N2O/c1-15(2)20-8-7-9-21(16(3)4)23(20)25-22(26)10-11-24-19-13-17(5)12-18(6)14-19/h7-9,12-16,24H,10-11H2,1-6H3,(H,25,26). The molecule has 0 bridgehead atoms. The Hall–Kier alpha value is -2.29. The van der Waals surface area contributed by atoms with E-state index in [9.17, 15) is 4.79 Å². The van der Waals surface area contributed by atoms with Crippen LogP contribution in [0.2, 0.25) is 0 Å². The molecule has 0 aromatic heterocycles. The summed E-state index contributed by atoms with van der Waals surface area (Å²) in [6.07, 6.45) is 0.441. The van der Waals surface area contributed by atoms with E-state index in [1.807, 2.05) is 0 Å². The molecule has 0 heterocycles. The van der Waals surface area contributed by atoms with Gasteiger partial charge >= 0.3 is 0 Å². The predicted octanol–water partition coefficient (Wildman–Crippen LogP) is 5.99. The molecule has 3 heteroatoms. The molecule has 0 fully saturated rings. The van der Waals surface area contributed by atoms with Gasteiger partial charge in [-0.05, 0) is 60.1 Å². The van der Waals surface area contributed by atoms with Crippen molar-refractivity contribution >= 4 is 17.3 Å². The van der Waals surface area contributed by atoms with Gasteiger partial charge in [-0.15, -0.1) is 0 Å². The first-order chi connectivity index (χ1) is 12.3. The lowest BCUT2D eigenvalue weighted by Gasteiger charge is -2.20. The van der Waals surface area contributed by atoms with Gasteiger partial charge in [0.25, 0.3) is 0 Å². The number of hydrogen-bond donors (Lipinski definition) is 2. The van der Waals surface area contributed by atoms with Crippen molar-refractivity contribution < 1.29 is 4.79 Å². The maximum Gasteiger partial charge on any atom is 0.226 e. The Morgan fingerprint density at radius 2 is 1.46 bits per heavy atom. The van der Waals surface area contributed by atoms with Gasteiger partial charge in [-0.1, -0.05) is 52.0 Å². The fraction of sp³-hybridized carbons (Fsp3) is 0.435. The molecule has 2 rings (SSSR count). The Morgan fingerprint density at radius 3 is 1.96 bits per heavy atom. The van der Waals surface area contributed by atoms with Crippen LogP contribution in [-0.4, -0.2) is 12.5 Å². The van der Waals surface area contributed by atoms with E-state index in [1.165, 1.54) is 22.3 Å². The van der Waals surface area contributed by atoms with E-state index in [-0.39, 0.29) is 5.91 Å². The maximum atomic E-state index is 12.5. The average Bonchev–Trinajstić information content (AvgIpc) is 2.53. The molecular formula is C23H32N2O. The van der Waals surface area contributed by atoms with Crippen LogP contribution in [0.1, 0.15) is 68.2 Å². The Labute approximate surface area is 158 Å². The molecule has 0 aliphatic carbocycles. The minimum absolute atomic E-state index is 0.0527. The van der Waals surface area contributed by atoms with Gasteiger partial charge in [0.1, 0.15) is 0 Å². The molecule has 3 nitrogen and oxygen atoms in total. The van der Waals surface area contributed by atoms with Gasteiger partial charge in [0.2, 0.25) is 5.91 Å². The van der Waals surface area contributed by atoms with Crippen molar-refractivity contribution in [2.24, 2.45) is 0 Å². The Kier molecular flexibility index (Phi) is 6.84. The number of para-hydroxylation sites is 1. The number of hydrogen-bond acceptors (Lipinski definition) is 2. The smallest absolute Gasteiger partial charge is 0.226 e. The second-order valence-electron chi connectivity index (χ2n) is 7.72. The zero-order valence-electron chi connectivity index (χ0n) is 16.9. The van der Waals surface area contributed by atoms with E-state index in [2.05, 4.69) is 88.6 Å². The number of rotatable bonds is 7. The second kappa shape index (κ2) is 8.88. The van der Waals surface area contributed by atoms with Crippen molar-refractivity contribution in [2.45, 2.75) is 59.8 Å². The molecule has 2 aromatic rings. The lowest BCUT2D eigenvalue weighted by molar-refractivity contribution is -0.115. The quantitative estimate of drug-likeness (QED) is 0.642.